The second-order valence-corrected chi connectivity index (χ2v) is 10.7. The van der Waals surface area contributed by atoms with Crippen LogP contribution >= 0.6 is 0 Å². The molecular formula is C31H39F3O. The number of rotatable bonds is 8. The molecule has 0 heterocycles. The van der Waals surface area contributed by atoms with Gasteiger partial charge in [-0.2, -0.15) is 0 Å². The molecule has 0 bridgehead atoms. The fraction of sp³-hybridized carbons (Fsp3) is 0.548. The van der Waals surface area contributed by atoms with Crippen molar-refractivity contribution < 1.29 is 17.9 Å². The van der Waals surface area contributed by atoms with Gasteiger partial charge in [-0.25, -0.2) is 0 Å². The highest BCUT2D eigenvalue weighted by Crippen LogP contribution is 2.46. The number of benzene rings is 2. The molecule has 2 saturated carbocycles. The summed E-state index contributed by atoms with van der Waals surface area (Å²) in [5, 5.41) is 0. The van der Waals surface area contributed by atoms with E-state index in [1.54, 1.807) is 12.1 Å². The van der Waals surface area contributed by atoms with E-state index in [-0.39, 0.29) is 5.75 Å². The summed E-state index contributed by atoms with van der Waals surface area (Å²) in [7, 11) is 0. The third-order valence-electron chi connectivity index (χ3n) is 8.54. The van der Waals surface area contributed by atoms with E-state index in [1.165, 1.54) is 87.5 Å². The molecule has 4 heteroatoms. The highest BCUT2D eigenvalue weighted by atomic mass is 19.4. The lowest BCUT2D eigenvalue weighted by atomic mass is 9.67. The van der Waals surface area contributed by atoms with Gasteiger partial charge in [0.1, 0.15) is 5.75 Å². The summed E-state index contributed by atoms with van der Waals surface area (Å²) in [6.45, 7) is 6.38. The second kappa shape index (κ2) is 11.7. The number of ether oxygens (including phenoxy) is 1. The van der Waals surface area contributed by atoms with Crippen molar-refractivity contribution in [3.8, 4) is 16.9 Å². The number of halogens is 3. The van der Waals surface area contributed by atoms with Crippen molar-refractivity contribution >= 4 is 0 Å². The minimum absolute atomic E-state index is 0.177. The summed E-state index contributed by atoms with van der Waals surface area (Å²) in [5.41, 5.74) is 4.80. The molecule has 190 valence electrons. The normalized spacial score (nSPS) is 25.3. The van der Waals surface area contributed by atoms with Gasteiger partial charge >= 0.3 is 6.36 Å². The summed E-state index contributed by atoms with van der Waals surface area (Å²) < 4.78 is 41.6. The van der Waals surface area contributed by atoms with Crippen molar-refractivity contribution in [1.29, 1.82) is 0 Å². The third kappa shape index (κ3) is 7.15. The fourth-order valence-corrected chi connectivity index (χ4v) is 6.39. The van der Waals surface area contributed by atoms with Crippen LogP contribution in [0.3, 0.4) is 0 Å². The second-order valence-electron chi connectivity index (χ2n) is 10.7. The van der Waals surface area contributed by atoms with Gasteiger partial charge in [-0.1, -0.05) is 68.3 Å². The zero-order valence-corrected chi connectivity index (χ0v) is 21.0. The zero-order valence-electron chi connectivity index (χ0n) is 21.0. The summed E-state index contributed by atoms with van der Waals surface area (Å²) >= 11 is 0. The van der Waals surface area contributed by atoms with Gasteiger partial charge in [0.25, 0.3) is 0 Å². The van der Waals surface area contributed by atoms with Gasteiger partial charge in [0.2, 0.25) is 0 Å². The molecule has 0 unspecified atom stereocenters. The van der Waals surface area contributed by atoms with Gasteiger partial charge in [-0.15, -0.1) is 13.2 Å². The van der Waals surface area contributed by atoms with E-state index in [1.807, 2.05) is 6.07 Å². The van der Waals surface area contributed by atoms with Crippen LogP contribution in [0.15, 0.2) is 60.7 Å². The summed E-state index contributed by atoms with van der Waals surface area (Å²) in [5.74, 6) is 2.97. The van der Waals surface area contributed by atoms with Crippen molar-refractivity contribution in [2.24, 2.45) is 17.8 Å². The molecule has 2 fully saturated rings. The molecule has 2 aromatic rings. The van der Waals surface area contributed by atoms with E-state index < -0.39 is 6.36 Å². The Labute approximate surface area is 208 Å². The molecule has 0 aromatic heterocycles. The monoisotopic (exact) mass is 484 g/mol. The fourth-order valence-electron chi connectivity index (χ4n) is 6.39. The highest BCUT2D eigenvalue weighted by Gasteiger charge is 2.32. The molecule has 4 rings (SSSR count). The SMILES string of the molecule is C=C(CC)CCC1CCC(C2CCC(c3ccccc3-c3ccc(OC(F)(F)F)cc3)CC2)CC1. The number of hydrogen-bond donors (Lipinski definition) is 0. The van der Waals surface area contributed by atoms with E-state index in [2.05, 4.69) is 36.4 Å². The van der Waals surface area contributed by atoms with Crippen LogP contribution in [-0.4, -0.2) is 6.36 Å². The van der Waals surface area contributed by atoms with Gasteiger partial charge in [-0.3, -0.25) is 0 Å². The van der Waals surface area contributed by atoms with E-state index in [4.69, 9.17) is 0 Å². The van der Waals surface area contributed by atoms with Crippen LogP contribution in [0.4, 0.5) is 13.2 Å². The summed E-state index contributed by atoms with van der Waals surface area (Å²) in [6.07, 6.45) is 9.51. The maximum Gasteiger partial charge on any atom is 0.573 e. The Bertz CT molecular complexity index is 946. The first-order valence-electron chi connectivity index (χ1n) is 13.4. The Morgan fingerprint density at radius 2 is 1.46 bits per heavy atom. The number of alkyl halides is 3. The Hall–Kier alpha value is -2.23. The Balaban J connectivity index is 1.32. The van der Waals surface area contributed by atoms with Gasteiger partial charge in [0.15, 0.2) is 0 Å². The maximum atomic E-state index is 12.5. The van der Waals surface area contributed by atoms with Crippen LogP contribution < -0.4 is 4.74 Å². The lowest BCUT2D eigenvalue weighted by Crippen LogP contribution is -2.25. The predicted molar refractivity (Wildman–Crippen MR) is 137 cm³/mol. The van der Waals surface area contributed by atoms with Crippen molar-refractivity contribution in [2.45, 2.75) is 89.8 Å². The number of hydrogen-bond acceptors (Lipinski definition) is 1. The molecule has 0 N–H and O–H groups in total. The van der Waals surface area contributed by atoms with Crippen LogP contribution in [0.1, 0.15) is 89.0 Å². The van der Waals surface area contributed by atoms with Crippen molar-refractivity contribution in [3.05, 3.63) is 66.2 Å². The van der Waals surface area contributed by atoms with Gasteiger partial charge in [0, 0.05) is 0 Å². The van der Waals surface area contributed by atoms with Crippen LogP contribution in [-0.2, 0) is 0 Å². The molecule has 0 aliphatic heterocycles. The van der Waals surface area contributed by atoms with E-state index in [0.29, 0.717) is 5.92 Å². The first-order chi connectivity index (χ1) is 16.8. The Morgan fingerprint density at radius 3 is 2.06 bits per heavy atom. The van der Waals surface area contributed by atoms with Crippen molar-refractivity contribution in [3.63, 3.8) is 0 Å². The van der Waals surface area contributed by atoms with Gasteiger partial charge < -0.3 is 4.74 Å². The lowest BCUT2D eigenvalue weighted by molar-refractivity contribution is -0.274. The molecule has 0 atom stereocenters. The zero-order chi connectivity index (χ0) is 24.8. The average molecular weight is 485 g/mol. The largest absolute Gasteiger partial charge is 0.573 e. The van der Waals surface area contributed by atoms with Crippen molar-refractivity contribution in [1.82, 2.24) is 0 Å². The standard InChI is InChI=1S/C31H39F3O/c1-3-22(2)8-9-23-10-12-24(13-11-23)25-14-16-26(17-15-25)29-6-4-5-7-30(29)27-18-20-28(21-19-27)35-31(32,33)34/h4-7,18-21,23-26H,2-3,8-17H2,1H3. The van der Waals surface area contributed by atoms with Gasteiger partial charge in [-0.05, 0) is 110 Å². The lowest BCUT2D eigenvalue weighted by Gasteiger charge is -2.38. The van der Waals surface area contributed by atoms with Crippen LogP contribution in [0.5, 0.6) is 5.75 Å². The van der Waals surface area contributed by atoms with Crippen LogP contribution in [0, 0.1) is 17.8 Å². The molecule has 2 aliphatic carbocycles. The topological polar surface area (TPSA) is 9.23 Å². The van der Waals surface area contributed by atoms with Gasteiger partial charge in [0.05, 0.1) is 0 Å². The number of allylic oxidation sites excluding steroid dienone is 1. The van der Waals surface area contributed by atoms with Crippen LogP contribution in [0.25, 0.3) is 11.1 Å². The Morgan fingerprint density at radius 1 is 0.857 bits per heavy atom. The van der Waals surface area contributed by atoms with E-state index in [9.17, 15) is 13.2 Å². The first kappa shape index (κ1) is 25.9. The van der Waals surface area contributed by atoms with E-state index in [0.717, 1.165) is 35.3 Å². The highest BCUT2D eigenvalue weighted by molar-refractivity contribution is 5.68. The molecule has 2 aromatic carbocycles. The smallest absolute Gasteiger partial charge is 0.406 e. The molecule has 1 nitrogen and oxygen atoms in total. The summed E-state index contributed by atoms with van der Waals surface area (Å²) in [6, 6.07) is 14.7. The molecule has 0 radical (unpaired) electrons. The maximum absolute atomic E-state index is 12.5. The third-order valence-corrected chi connectivity index (χ3v) is 8.54. The molecule has 2 aliphatic rings. The quantitative estimate of drug-likeness (QED) is 0.339. The van der Waals surface area contributed by atoms with Crippen molar-refractivity contribution in [2.75, 3.05) is 0 Å². The first-order valence-corrected chi connectivity index (χ1v) is 13.4. The molecular weight excluding hydrogens is 445 g/mol. The molecule has 0 saturated heterocycles. The predicted octanol–water partition coefficient (Wildman–Crippen LogP) is 10.1. The summed E-state index contributed by atoms with van der Waals surface area (Å²) in [4.78, 5) is 0. The van der Waals surface area contributed by atoms with Crippen LogP contribution in [0.2, 0.25) is 0 Å². The Kier molecular flexibility index (Phi) is 8.62. The molecule has 0 amide bonds. The molecule has 0 spiro atoms. The minimum atomic E-state index is -4.67. The molecule has 35 heavy (non-hydrogen) atoms. The van der Waals surface area contributed by atoms with E-state index >= 15 is 0 Å². The average Bonchev–Trinajstić information content (AvgIpc) is 2.87. The minimum Gasteiger partial charge on any atom is -0.406 e.